The van der Waals surface area contributed by atoms with Crippen molar-refractivity contribution in [2.24, 2.45) is 5.92 Å². The Hall–Kier alpha value is -3.65. The molecule has 1 unspecified atom stereocenters. The third-order valence-electron chi connectivity index (χ3n) is 6.47. The van der Waals surface area contributed by atoms with Crippen LogP contribution in [-0.2, 0) is 14.3 Å². The van der Waals surface area contributed by atoms with Crippen molar-refractivity contribution >= 4 is 29.3 Å². The fourth-order valence-electron chi connectivity index (χ4n) is 4.40. The molecule has 2 amide bonds. The molecule has 3 aromatic rings. The highest BCUT2D eigenvalue weighted by Crippen LogP contribution is 2.44. The van der Waals surface area contributed by atoms with Crippen LogP contribution in [0.3, 0.4) is 0 Å². The number of carbonyl (C=O) groups is 3. The molecule has 4 rings (SSSR count). The molecule has 1 heterocycles. The zero-order chi connectivity index (χ0) is 24.9. The maximum atomic E-state index is 13.1. The minimum Gasteiger partial charge on any atom is -0.480 e. The summed E-state index contributed by atoms with van der Waals surface area (Å²) in [6.07, 6.45) is -0.156. The zero-order valence-electron chi connectivity index (χ0n) is 19.6. The molecular weight excluding hydrogens is 464 g/mol. The summed E-state index contributed by atoms with van der Waals surface area (Å²) >= 11 is 1.30. The van der Waals surface area contributed by atoms with Crippen LogP contribution in [0.4, 0.5) is 4.79 Å². The van der Waals surface area contributed by atoms with Gasteiger partial charge in [0.25, 0.3) is 0 Å². The number of carboxylic acid groups (broad SMARTS) is 1. The van der Waals surface area contributed by atoms with Gasteiger partial charge in [0.1, 0.15) is 18.7 Å². The minimum atomic E-state index is -1.11. The van der Waals surface area contributed by atoms with E-state index < -0.39 is 30.1 Å². The van der Waals surface area contributed by atoms with Crippen molar-refractivity contribution in [1.29, 1.82) is 0 Å². The summed E-state index contributed by atoms with van der Waals surface area (Å²) in [6.45, 7) is 3.74. The Morgan fingerprint density at radius 2 is 1.60 bits per heavy atom. The number of nitrogens with one attached hydrogen (secondary N) is 2. The van der Waals surface area contributed by atoms with Crippen molar-refractivity contribution in [2.45, 2.75) is 38.3 Å². The lowest BCUT2D eigenvalue weighted by molar-refractivity contribution is -0.143. The maximum absolute atomic E-state index is 13.1. The molecule has 0 saturated carbocycles. The summed E-state index contributed by atoms with van der Waals surface area (Å²) in [6, 6.07) is 17.4. The van der Waals surface area contributed by atoms with Gasteiger partial charge in [-0.05, 0) is 39.6 Å². The number of amides is 2. The van der Waals surface area contributed by atoms with Crippen LogP contribution in [0.2, 0.25) is 0 Å². The number of thiophene rings is 1. The van der Waals surface area contributed by atoms with Crippen LogP contribution in [0.5, 0.6) is 0 Å². The fraction of sp³-hybridized carbons (Fsp3) is 0.296. The van der Waals surface area contributed by atoms with E-state index in [1.807, 2.05) is 43.3 Å². The first-order valence-corrected chi connectivity index (χ1v) is 12.5. The average molecular weight is 493 g/mol. The van der Waals surface area contributed by atoms with Gasteiger partial charge in [0.15, 0.2) is 0 Å². The molecule has 0 radical (unpaired) electrons. The van der Waals surface area contributed by atoms with E-state index in [0.29, 0.717) is 11.3 Å². The summed E-state index contributed by atoms with van der Waals surface area (Å²) in [5, 5.41) is 16.6. The average Bonchev–Trinajstić information content (AvgIpc) is 3.50. The number of carbonyl (C=O) groups excluding carboxylic acids is 2. The van der Waals surface area contributed by atoms with E-state index in [1.54, 1.807) is 24.4 Å². The SMILES string of the molecule is CC[C@H](C)[C@H](NC(=O)C(NC(=O)OCC1c2ccccc2-c2ccccc21)c1cccs1)C(=O)O. The van der Waals surface area contributed by atoms with Crippen LogP contribution in [0.15, 0.2) is 66.0 Å². The predicted octanol–water partition coefficient (Wildman–Crippen LogP) is 4.94. The summed E-state index contributed by atoms with van der Waals surface area (Å²) in [7, 11) is 0. The van der Waals surface area contributed by atoms with Crippen molar-refractivity contribution in [2.75, 3.05) is 6.61 Å². The van der Waals surface area contributed by atoms with E-state index in [4.69, 9.17) is 4.74 Å². The maximum Gasteiger partial charge on any atom is 0.408 e. The van der Waals surface area contributed by atoms with E-state index in [1.165, 1.54) is 11.3 Å². The molecule has 0 spiro atoms. The Morgan fingerprint density at radius 3 is 2.14 bits per heavy atom. The fourth-order valence-corrected chi connectivity index (χ4v) is 5.17. The van der Waals surface area contributed by atoms with Crippen molar-refractivity contribution in [3.8, 4) is 11.1 Å². The number of rotatable bonds is 9. The molecule has 1 aliphatic carbocycles. The van der Waals surface area contributed by atoms with Gasteiger partial charge in [-0.3, -0.25) is 4.79 Å². The number of hydrogen-bond acceptors (Lipinski definition) is 5. The summed E-state index contributed by atoms with van der Waals surface area (Å²) < 4.78 is 5.60. The van der Waals surface area contributed by atoms with E-state index >= 15 is 0 Å². The van der Waals surface area contributed by atoms with E-state index in [0.717, 1.165) is 22.3 Å². The van der Waals surface area contributed by atoms with E-state index in [-0.39, 0.29) is 18.4 Å². The molecule has 0 saturated heterocycles. The molecule has 7 nitrogen and oxygen atoms in total. The summed E-state index contributed by atoms with van der Waals surface area (Å²) in [5.74, 6) is -2.08. The first-order valence-electron chi connectivity index (χ1n) is 11.6. The topological polar surface area (TPSA) is 105 Å². The molecule has 3 atom stereocenters. The number of hydrogen-bond donors (Lipinski definition) is 3. The van der Waals surface area contributed by atoms with Gasteiger partial charge < -0.3 is 20.5 Å². The summed E-state index contributed by atoms with van der Waals surface area (Å²) in [5.41, 5.74) is 4.43. The van der Waals surface area contributed by atoms with Gasteiger partial charge in [0, 0.05) is 10.8 Å². The predicted molar refractivity (Wildman–Crippen MR) is 134 cm³/mol. The van der Waals surface area contributed by atoms with Crippen LogP contribution in [0.1, 0.15) is 48.2 Å². The molecule has 1 aromatic heterocycles. The number of fused-ring (bicyclic) bond motifs is 3. The number of ether oxygens (including phenoxy) is 1. The summed E-state index contributed by atoms with van der Waals surface area (Å²) in [4.78, 5) is 38.2. The van der Waals surface area contributed by atoms with Crippen LogP contribution >= 0.6 is 11.3 Å². The van der Waals surface area contributed by atoms with Gasteiger partial charge in [0.2, 0.25) is 5.91 Å². The van der Waals surface area contributed by atoms with E-state index in [9.17, 15) is 19.5 Å². The Labute approximate surface area is 208 Å². The number of benzene rings is 2. The van der Waals surface area contributed by atoms with Gasteiger partial charge in [-0.15, -0.1) is 11.3 Å². The van der Waals surface area contributed by atoms with Gasteiger partial charge in [-0.2, -0.15) is 0 Å². The normalized spacial score (nSPS) is 14.8. The highest BCUT2D eigenvalue weighted by molar-refractivity contribution is 7.10. The second-order valence-electron chi connectivity index (χ2n) is 8.63. The first kappa shape index (κ1) is 24.5. The van der Waals surface area contributed by atoms with Gasteiger partial charge in [-0.25, -0.2) is 9.59 Å². The molecule has 2 aromatic carbocycles. The monoisotopic (exact) mass is 492 g/mol. The van der Waals surface area contributed by atoms with Gasteiger partial charge in [-0.1, -0.05) is 74.9 Å². The molecule has 0 fully saturated rings. The van der Waals surface area contributed by atoms with Gasteiger partial charge >= 0.3 is 12.1 Å². The molecule has 182 valence electrons. The third kappa shape index (κ3) is 5.22. The first-order chi connectivity index (χ1) is 16.9. The van der Waals surface area contributed by atoms with Crippen LogP contribution in [0, 0.1) is 5.92 Å². The molecule has 3 N–H and O–H groups in total. The van der Waals surface area contributed by atoms with Crippen LogP contribution < -0.4 is 10.6 Å². The standard InChI is InChI=1S/C27H28N2O5S/c1-3-16(2)23(26(31)32)28-25(30)24(22-13-8-14-35-22)29-27(33)34-15-21-19-11-6-4-9-17(19)18-10-5-7-12-20(18)21/h4-14,16,21,23-24H,3,15H2,1-2H3,(H,28,30)(H,29,33)(H,31,32)/t16-,23-,24?/m0/s1. The highest BCUT2D eigenvalue weighted by atomic mass is 32.1. The van der Waals surface area contributed by atoms with Crippen LogP contribution in [0.25, 0.3) is 11.1 Å². The number of alkyl carbamates (subject to hydrolysis) is 1. The number of aliphatic carboxylic acids is 1. The molecular formula is C27H28N2O5S. The Bertz CT molecular complexity index is 1160. The largest absolute Gasteiger partial charge is 0.480 e. The second-order valence-corrected chi connectivity index (χ2v) is 9.61. The lowest BCUT2D eigenvalue weighted by atomic mass is 9.98. The van der Waals surface area contributed by atoms with Crippen molar-refractivity contribution in [1.82, 2.24) is 10.6 Å². The Balaban J connectivity index is 1.47. The van der Waals surface area contributed by atoms with Crippen LogP contribution in [-0.4, -0.2) is 35.7 Å². The zero-order valence-corrected chi connectivity index (χ0v) is 20.4. The van der Waals surface area contributed by atoms with Crippen molar-refractivity contribution < 1.29 is 24.2 Å². The van der Waals surface area contributed by atoms with Gasteiger partial charge in [0.05, 0.1) is 0 Å². The number of carboxylic acids is 1. The molecule has 1 aliphatic rings. The lowest BCUT2D eigenvalue weighted by Crippen LogP contribution is -2.49. The Morgan fingerprint density at radius 1 is 0.971 bits per heavy atom. The van der Waals surface area contributed by atoms with Crippen molar-refractivity contribution in [3.63, 3.8) is 0 Å². The molecule has 0 aliphatic heterocycles. The third-order valence-corrected chi connectivity index (χ3v) is 7.41. The minimum absolute atomic E-state index is 0.107. The quantitative estimate of drug-likeness (QED) is 0.392. The lowest BCUT2D eigenvalue weighted by Gasteiger charge is -2.24. The smallest absolute Gasteiger partial charge is 0.408 e. The Kier molecular flexibility index (Phi) is 7.51. The molecule has 0 bridgehead atoms. The van der Waals surface area contributed by atoms with E-state index in [2.05, 4.69) is 22.8 Å². The molecule has 8 heteroatoms. The molecule has 35 heavy (non-hydrogen) atoms. The second kappa shape index (κ2) is 10.7. The highest BCUT2D eigenvalue weighted by Gasteiger charge is 2.32. The van der Waals surface area contributed by atoms with Crippen molar-refractivity contribution in [3.05, 3.63) is 82.0 Å².